The molecule has 1 unspecified atom stereocenters. The summed E-state index contributed by atoms with van der Waals surface area (Å²) in [7, 11) is 0. The van der Waals surface area contributed by atoms with Gasteiger partial charge in [0.05, 0.1) is 0 Å². The molecule has 0 heteroatoms. The van der Waals surface area contributed by atoms with Crippen molar-refractivity contribution in [2.75, 3.05) is 0 Å². The van der Waals surface area contributed by atoms with Crippen molar-refractivity contribution in [2.45, 2.75) is 47.0 Å². The second kappa shape index (κ2) is 2.56. The molecule has 60 valence electrons. The van der Waals surface area contributed by atoms with Crippen molar-refractivity contribution in [2.24, 2.45) is 17.3 Å². The molecule has 1 aliphatic carbocycles. The molecular weight excluding hydrogens is 120 g/mol. The van der Waals surface area contributed by atoms with E-state index in [4.69, 9.17) is 0 Å². The van der Waals surface area contributed by atoms with Crippen LogP contribution >= 0.6 is 0 Å². The molecule has 0 aliphatic heterocycles. The van der Waals surface area contributed by atoms with E-state index < -0.39 is 0 Å². The lowest BCUT2D eigenvalue weighted by Crippen LogP contribution is -2.24. The molecule has 1 rings (SSSR count). The summed E-state index contributed by atoms with van der Waals surface area (Å²) in [6.45, 7) is 9.51. The van der Waals surface area contributed by atoms with Gasteiger partial charge in [-0.1, -0.05) is 34.1 Å². The second-order valence-corrected chi connectivity index (χ2v) is 4.29. The second-order valence-electron chi connectivity index (χ2n) is 4.29. The van der Waals surface area contributed by atoms with Gasteiger partial charge in [0.25, 0.3) is 0 Å². The van der Waals surface area contributed by atoms with E-state index in [1.807, 2.05) is 0 Å². The largest absolute Gasteiger partial charge is 0.0648 e. The summed E-state index contributed by atoms with van der Waals surface area (Å²) in [6, 6.07) is 0. The molecular formula is C10H20. The smallest absolute Gasteiger partial charge is 0.0277 e. The third-order valence-corrected chi connectivity index (χ3v) is 3.59. The van der Waals surface area contributed by atoms with Crippen LogP contribution in [0.5, 0.6) is 0 Å². The van der Waals surface area contributed by atoms with Crippen molar-refractivity contribution in [3.8, 4) is 0 Å². The van der Waals surface area contributed by atoms with Crippen molar-refractivity contribution < 1.29 is 0 Å². The zero-order valence-corrected chi connectivity index (χ0v) is 7.78. The summed E-state index contributed by atoms with van der Waals surface area (Å²) in [5.74, 6) is 1.92. The van der Waals surface area contributed by atoms with Gasteiger partial charge in [0, 0.05) is 0 Å². The van der Waals surface area contributed by atoms with E-state index in [0.717, 1.165) is 11.8 Å². The number of hydrogen-bond donors (Lipinski definition) is 0. The highest BCUT2D eigenvalue weighted by Gasteiger charge is 2.41. The average molecular weight is 140 g/mol. The van der Waals surface area contributed by atoms with E-state index in [1.165, 1.54) is 19.3 Å². The van der Waals surface area contributed by atoms with Crippen molar-refractivity contribution in [3.63, 3.8) is 0 Å². The van der Waals surface area contributed by atoms with E-state index in [-0.39, 0.29) is 0 Å². The van der Waals surface area contributed by atoms with Gasteiger partial charge in [0.15, 0.2) is 0 Å². The molecule has 0 amide bonds. The van der Waals surface area contributed by atoms with Gasteiger partial charge in [-0.15, -0.1) is 0 Å². The molecule has 0 N–H and O–H groups in total. The van der Waals surface area contributed by atoms with Gasteiger partial charge in [0.2, 0.25) is 0 Å². The lowest BCUT2D eigenvalue weighted by molar-refractivity contribution is 0.170. The van der Waals surface area contributed by atoms with Crippen LogP contribution in [0.2, 0.25) is 0 Å². The molecule has 0 aromatic carbocycles. The Morgan fingerprint density at radius 2 is 1.90 bits per heavy atom. The first-order valence-corrected chi connectivity index (χ1v) is 4.61. The van der Waals surface area contributed by atoms with E-state index >= 15 is 0 Å². The molecule has 0 radical (unpaired) electrons. The Balaban J connectivity index is 2.56. The fraction of sp³-hybridized carbons (Fsp3) is 1.00. The molecule has 10 heavy (non-hydrogen) atoms. The Hall–Kier alpha value is 0. The maximum Gasteiger partial charge on any atom is -0.0277 e. The number of rotatable bonds is 3. The summed E-state index contributed by atoms with van der Waals surface area (Å²) in [5.41, 5.74) is 0.653. The first kappa shape index (κ1) is 8.10. The highest BCUT2D eigenvalue weighted by molar-refractivity contribution is 4.91. The first-order chi connectivity index (χ1) is 4.61. The molecule has 1 atom stereocenters. The van der Waals surface area contributed by atoms with Crippen LogP contribution in [-0.4, -0.2) is 0 Å². The van der Waals surface area contributed by atoms with Crippen LogP contribution in [0.4, 0.5) is 0 Å². The van der Waals surface area contributed by atoms with Crippen molar-refractivity contribution in [1.82, 2.24) is 0 Å². The Morgan fingerprint density at radius 3 is 2.00 bits per heavy atom. The van der Waals surface area contributed by atoms with Gasteiger partial charge >= 0.3 is 0 Å². The van der Waals surface area contributed by atoms with Gasteiger partial charge in [-0.05, 0) is 30.1 Å². The molecule has 0 saturated heterocycles. The minimum Gasteiger partial charge on any atom is -0.0648 e. The quantitative estimate of drug-likeness (QED) is 0.563. The fourth-order valence-electron chi connectivity index (χ4n) is 1.91. The van der Waals surface area contributed by atoms with E-state index in [1.54, 1.807) is 0 Å². The van der Waals surface area contributed by atoms with Crippen molar-refractivity contribution in [3.05, 3.63) is 0 Å². The van der Waals surface area contributed by atoms with Crippen LogP contribution in [0, 0.1) is 17.3 Å². The minimum atomic E-state index is 0.653. The molecule has 0 heterocycles. The topological polar surface area (TPSA) is 0 Å². The Labute approximate surface area is 65.0 Å². The molecule has 1 aliphatic rings. The summed E-state index contributed by atoms with van der Waals surface area (Å²) < 4.78 is 0. The van der Waals surface area contributed by atoms with Gasteiger partial charge in [-0.3, -0.25) is 0 Å². The zero-order chi connectivity index (χ0) is 7.78. The van der Waals surface area contributed by atoms with Crippen molar-refractivity contribution >= 4 is 0 Å². The molecule has 0 aromatic rings. The van der Waals surface area contributed by atoms with E-state index in [2.05, 4.69) is 27.7 Å². The molecule has 0 bridgehead atoms. The van der Waals surface area contributed by atoms with E-state index in [0.29, 0.717) is 5.41 Å². The summed E-state index contributed by atoms with van der Waals surface area (Å²) in [5, 5.41) is 0. The van der Waals surface area contributed by atoms with Gasteiger partial charge < -0.3 is 0 Å². The van der Waals surface area contributed by atoms with Crippen LogP contribution < -0.4 is 0 Å². The highest BCUT2D eigenvalue weighted by Crippen LogP contribution is 2.51. The van der Waals surface area contributed by atoms with Gasteiger partial charge in [-0.2, -0.15) is 0 Å². The Morgan fingerprint density at radius 1 is 1.40 bits per heavy atom. The predicted molar refractivity (Wildman–Crippen MR) is 46.0 cm³/mol. The number of hydrogen-bond acceptors (Lipinski definition) is 0. The average Bonchev–Trinajstić information content (AvgIpc) is 2.67. The highest BCUT2D eigenvalue weighted by atomic mass is 14.5. The molecule has 0 nitrogen and oxygen atoms in total. The van der Waals surface area contributed by atoms with E-state index in [9.17, 15) is 0 Å². The Kier molecular flexibility index (Phi) is 2.07. The summed E-state index contributed by atoms with van der Waals surface area (Å²) >= 11 is 0. The molecule has 1 fully saturated rings. The monoisotopic (exact) mass is 140 g/mol. The van der Waals surface area contributed by atoms with Gasteiger partial charge in [-0.25, -0.2) is 0 Å². The summed E-state index contributed by atoms with van der Waals surface area (Å²) in [6.07, 6.45) is 4.33. The normalized spacial score (nSPS) is 24.9. The molecule has 0 spiro atoms. The first-order valence-electron chi connectivity index (χ1n) is 4.61. The van der Waals surface area contributed by atoms with Crippen LogP contribution in [0.3, 0.4) is 0 Å². The maximum atomic E-state index is 2.45. The lowest BCUT2D eigenvalue weighted by atomic mass is 9.73. The SMILES string of the molecule is CCC(C)(C(C)C)C1CC1. The van der Waals surface area contributed by atoms with Crippen molar-refractivity contribution in [1.29, 1.82) is 0 Å². The van der Waals surface area contributed by atoms with Crippen LogP contribution in [-0.2, 0) is 0 Å². The molecule has 0 aromatic heterocycles. The van der Waals surface area contributed by atoms with Gasteiger partial charge in [0.1, 0.15) is 0 Å². The molecule has 1 saturated carbocycles. The predicted octanol–water partition coefficient (Wildman–Crippen LogP) is 3.47. The Bertz CT molecular complexity index is 107. The third-order valence-electron chi connectivity index (χ3n) is 3.59. The lowest BCUT2D eigenvalue weighted by Gasteiger charge is -2.32. The zero-order valence-electron chi connectivity index (χ0n) is 7.78. The minimum absolute atomic E-state index is 0.653. The van der Waals surface area contributed by atoms with Crippen LogP contribution in [0.25, 0.3) is 0 Å². The van der Waals surface area contributed by atoms with Crippen LogP contribution in [0.1, 0.15) is 47.0 Å². The standard InChI is InChI=1S/C10H20/c1-5-10(4,8(2)3)9-6-7-9/h8-9H,5-7H2,1-4H3. The summed E-state index contributed by atoms with van der Waals surface area (Å²) in [4.78, 5) is 0. The third kappa shape index (κ3) is 1.21. The van der Waals surface area contributed by atoms with Crippen LogP contribution in [0.15, 0.2) is 0 Å². The maximum absolute atomic E-state index is 2.45. The fourth-order valence-corrected chi connectivity index (χ4v) is 1.91.